The van der Waals surface area contributed by atoms with E-state index >= 15 is 0 Å². The minimum Gasteiger partial charge on any atom is -0.457 e. The van der Waals surface area contributed by atoms with Crippen molar-refractivity contribution in [2.45, 2.75) is 27.4 Å². The molecule has 2 rings (SSSR count). The van der Waals surface area contributed by atoms with Crippen LogP contribution in [0.5, 0.6) is 0 Å². The zero-order valence-electron chi connectivity index (χ0n) is 12.1. The van der Waals surface area contributed by atoms with Crippen molar-refractivity contribution in [3.8, 4) is 0 Å². The quantitative estimate of drug-likeness (QED) is 0.684. The highest BCUT2D eigenvalue weighted by molar-refractivity contribution is 5.94. The van der Waals surface area contributed by atoms with Crippen LogP contribution < -0.4 is 5.73 Å². The predicted molar refractivity (Wildman–Crippen MR) is 80.6 cm³/mol. The van der Waals surface area contributed by atoms with Gasteiger partial charge in [0.15, 0.2) is 0 Å². The Hall–Kier alpha value is -2.29. The molecule has 0 aliphatic heterocycles. The summed E-state index contributed by atoms with van der Waals surface area (Å²) < 4.78 is 5.38. The molecule has 0 unspecified atom stereocenters. The van der Waals surface area contributed by atoms with Crippen LogP contribution in [-0.4, -0.2) is 5.97 Å². The standard InChI is InChI=1S/C17H19NO2/c1-11-8-12(2)15(13(3)9-11)10-20-17(19)14-6-4-5-7-16(14)18/h4-9H,10,18H2,1-3H3. The van der Waals surface area contributed by atoms with Gasteiger partial charge in [-0.1, -0.05) is 29.8 Å². The van der Waals surface area contributed by atoms with Gasteiger partial charge in [0.25, 0.3) is 0 Å². The topological polar surface area (TPSA) is 52.3 Å². The van der Waals surface area contributed by atoms with E-state index in [0.717, 1.165) is 16.7 Å². The maximum absolute atomic E-state index is 12.0. The molecule has 2 aromatic carbocycles. The van der Waals surface area contributed by atoms with Crippen molar-refractivity contribution >= 4 is 11.7 Å². The van der Waals surface area contributed by atoms with Gasteiger partial charge in [0.2, 0.25) is 0 Å². The van der Waals surface area contributed by atoms with Gasteiger partial charge in [-0.2, -0.15) is 0 Å². The minimum absolute atomic E-state index is 0.269. The first kappa shape index (κ1) is 14.1. The molecular weight excluding hydrogens is 250 g/mol. The lowest BCUT2D eigenvalue weighted by Crippen LogP contribution is -2.09. The SMILES string of the molecule is Cc1cc(C)c(COC(=O)c2ccccc2N)c(C)c1. The van der Waals surface area contributed by atoms with Gasteiger partial charge in [-0.15, -0.1) is 0 Å². The van der Waals surface area contributed by atoms with Crippen LogP contribution in [0, 0.1) is 20.8 Å². The van der Waals surface area contributed by atoms with E-state index in [1.165, 1.54) is 5.56 Å². The van der Waals surface area contributed by atoms with Gasteiger partial charge in [-0.05, 0) is 49.6 Å². The minimum atomic E-state index is -0.387. The van der Waals surface area contributed by atoms with Crippen molar-refractivity contribution in [1.29, 1.82) is 0 Å². The molecule has 3 nitrogen and oxygen atoms in total. The van der Waals surface area contributed by atoms with Gasteiger partial charge in [0.05, 0.1) is 5.56 Å². The van der Waals surface area contributed by atoms with E-state index in [0.29, 0.717) is 11.3 Å². The summed E-state index contributed by atoms with van der Waals surface area (Å²) in [6, 6.07) is 11.1. The summed E-state index contributed by atoms with van der Waals surface area (Å²) in [5.74, 6) is -0.387. The first-order valence-corrected chi connectivity index (χ1v) is 6.57. The maximum atomic E-state index is 12.0. The summed E-state index contributed by atoms with van der Waals surface area (Å²) >= 11 is 0. The Morgan fingerprint density at radius 2 is 1.70 bits per heavy atom. The number of benzene rings is 2. The molecule has 2 N–H and O–H groups in total. The Morgan fingerprint density at radius 3 is 2.30 bits per heavy atom. The fourth-order valence-electron chi connectivity index (χ4n) is 2.34. The number of anilines is 1. The molecule has 0 spiro atoms. The van der Waals surface area contributed by atoms with E-state index < -0.39 is 0 Å². The maximum Gasteiger partial charge on any atom is 0.340 e. The molecule has 3 heteroatoms. The Balaban J connectivity index is 2.14. The lowest BCUT2D eigenvalue weighted by atomic mass is 10.0. The molecule has 0 fully saturated rings. The van der Waals surface area contributed by atoms with Crippen LogP contribution >= 0.6 is 0 Å². The van der Waals surface area contributed by atoms with E-state index in [9.17, 15) is 4.79 Å². The average molecular weight is 269 g/mol. The molecule has 0 saturated carbocycles. The molecule has 0 aliphatic rings. The molecule has 20 heavy (non-hydrogen) atoms. The highest BCUT2D eigenvalue weighted by Gasteiger charge is 2.12. The summed E-state index contributed by atoms with van der Waals surface area (Å²) in [5, 5.41) is 0. The van der Waals surface area contributed by atoms with Gasteiger partial charge in [-0.3, -0.25) is 0 Å². The molecule has 0 aliphatic carbocycles. The van der Waals surface area contributed by atoms with Crippen molar-refractivity contribution in [3.63, 3.8) is 0 Å². The Kier molecular flexibility index (Phi) is 4.08. The summed E-state index contributed by atoms with van der Waals surface area (Å²) in [7, 11) is 0. The largest absolute Gasteiger partial charge is 0.457 e. The summed E-state index contributed by atoms with van der Waals surface area (Å²) in [5.41, 5.74) is 11.2. The number of hydrogen-bond donors (Lipinski definition) is 1. The first-order chi connectivity index (χ1) is 9.49. The van der Waals surface area contributed by atoms with Crippen molar-refractivity contribution < 1.29 is 9.53 Å². The number of carbonyl (C=O) groups excluding carboxylic acids is 1. The summed E-state index contributed by atoms with van der Waals surface area (Å²) in [6.07, 6.45) is 0. The zero-order valence-corrected chi connectivity index (χ0v) is 12.1. The van der Waals surface area contributed by atoms with Crippen LogP contribution in [-0.2, 0) is 11.3 Å². The Labute approximate surface area is 119 Å². The van der Waals surface area contributed by atoms with Crippen molar-refractivity contribution in [2.24, 2.45) is 0 Å². The van der Waals surface area contributed by atoms with Gasteiger partial charge in [-0.25, -0.2) is 4.79 Å². The molecule has 0 atom stereocenters. The van der Waals surface area contributed by atoms with Crippen LogP contribution in [0.3, 0.4) is 0 Å². The van der Waals surface area contributed by atoms with Gasteiger partial charge in [0, 0.05) is 5.69 Å². The van der Waals surface area contributed by atoms with E-state index in [1.54, 1.807) is 24.3 Å². The van der Waals surface area contributed by atoms with Crippen LogP contribution in [0.2, 0.25) is 0 Å². The number of nitrogen functional groups attached to an aromatic ring is 1. The Morgan fingerprint density at radius 1 is 1.10 bits per heavy atom. The lowest BCUT2D eigenvalue weighted by Gasteiger charge is -2.12. The molecule has 0 saturated heterocycles. The van der Waals surface area contributed by atoms with Gasteiger partial charge >= 0.3 is 5.97 Å². The number of ether oxygens (including phenoxy) is 1. The third-order valence-corrected chi connectivity index (χ3v) is 3.37. The molecule has 0 heterocycles. The summed E-state index contributed by atoms with van der Waals surface area (Å²) in [6.45, 7) is 6.38. The van der Waals surface area contributed by atoms with Crippen molar-refractivity contribution in [3.05, 3.63) is 64.2 Å². The number of hydrogen-bond acceptors (Lipinski definition) is 3. The number of rotatable bonds is 3. The molecule has 0 amide bonds. The van der Waals surface area contributed by atoms with E-state index in [2.05, 4.69) is 19.1 Å². The number of nitrogens with two attached hydrogens (primary N) is 1. The van der Waals surface area contributed by atoms with Gasteiger partial charge < -0.3 is 10.5 Å². The number of carbonyl (C=O) groups is 1. The van der Waals surface area contributed by atoms with E-state index in [-0.39, 0.29) is 12.6 Å². The monoisotopic (exact) mass is 269 g/mol. The zero-order chi connectivity index (χ0) is 14.7. The molecule has 0 aromatic heterocycles. The highest BCUT2D eigenvalue weighted by atomic mass is 16.5. The second-order valence-electron chi connectivity index (χ2n) is 5.04. The number of esters is 1. The average Bonchev–Trinajstić information content (AvgIpc) is 2.37. The van der Waals surface area contributed by atoms with Crippen molar-refractivity contribution in [1.82, 2.24) is 0 Å². The third kappa shape index (κ3) is 2.99. The molecule has 0 radical (unpaired) electrons. The van der Waals surface area contributed by atoms with E-state index in [4.69, 9.17) is 10.5 Å². The van der Waals surface area contributed by atoms with E-state index in [1.807, 2.05) is 13.8 Å². The van der Waals surface area contributed by atoms with Gasteiger partial charge in [0.1, 0.15) is 6.61 Å². The second-order valence-corrected chi connectivity index (χ2v) is 5.04. The molecule has 0 bridgehead atoms. The van der Waals surface area contributed by atoms with Crippen LogP contribution in [0.15, 0.2) is 36.4 Å². The molecular formula is C17H19NO2. The van der Waals surface area contributed by atoms with Crippen LogP contribution in [0.4, 0.5) is 5.69 Å². The van der Waals surface area contributed by atoms with Crippen LogP contribution in [0.25, 0.3) is 0 Å². The molecule has 2 aromatic rings. The number of para-hydroxylation sites is 1. The third-order valence-electron chi connectivity index (χ3n) is 3.37. The smallest absolute Gasteiger partial charge is 0.340 e. The van der Waals surface area contributed by atoms with Crippen LogP contribution in [0.1, 0.15) is 32.6 Å². The fourth-order valence-corrected chi connectivity index (χ4v) is 2.34. The van der Waals surface area contributed by atoms with Crippen molar-refractivity contribution in [2.75, 3.05) is 5.73 Å². The number of aryl methyl sites for hydroxylation is 3. The summed E-state index contributed by atoms with van der Waals surface area (Å²) in [4.78, 5) is 12.0. The second kappa shape index (κ2) is 5.78. The predicted octanol–water partition coefficient (Wildman–Crippen LogP) is 3.55. The lowest BCUT2D eigenvalue weighted by molar-refractivity contribution is 0.0473. The highest BCUT2D eigenvalue weighted by Crippen LogP contribution is 2.19. The normalized spacial score (nSPS) is 10.3. The molecule has 104 valence electrons. The fraction of sp³-hybridized carbons (Fsp3) is 0.235. The Bertz CT molecular complexity index is 624. The first-order valence-electron chi connectivity index (χ1n) is 6.57.